The number of aryl methyl sites for hydroxylation is 1. The number of carbonyl (C=O) groups excluding carboxylic acids is 2. The molecule has 1 atom stereocenters. The number of amides is 2. The maximum atomic E-state index is 12.6. The van der Waals surface area contributed by atoms with Gasteiger partial charge in [0.05, 0.1) is 12.1 Å². The Labute approximate surface area is 151 Å². The van der Waals surface area contributed by atoms with Gasteiger partial charge in [-0.1, -0.05) is 42.0 Å². The largest absolute Gasteiger partial charge is 0.373 e. The van der Waals surface area contributed by atoms with Crippen LogP contribution in [0.15, 0.2) is 60.7 Å². The summed E-state index contributed by atoms with van der Waals surface area (Å²) >= 11 is 0. The molecule has 3 aromatic carbocycles. The third kappa shape index (κ3) is 3.11. The first-order chi connectivity index (χ1) is 12.6. The average molecular weight is 345 g/mol. The summed E-state index contributed by atoms with van der Waals surface area (Å²) < 4.78 is 0. The molecular weight excluding hydrogens is 326 g/mol. The number of hydrogen-bond donors (Lipinski definition) is 3. The van der Waals surface area contributed by atoms with Gasteiger partial charge in [0.25, 0.3) is 0 Å². The molecule has 1 aliphatic rings. The molecule has 5 nitrogen and oxygen atoms in total. The van der Waals surface area contributed by atoms with Gasteiger partial charge in [0.1, 0.15) is 6.04 Å². The predicted octanol–water partition coefficient (Wildman–Crippen LogP) is 3.91. The molecule has 1 aliphatic heterocycles. The number of rotatable bonds is 3. The molecule has 0 bridgehead atoms. The minimum Gasteiger partial charge on any atom is -0.373 e. The summed E-state index contributed by atoms with van der Waals surface area (Å²) in [6.45, 7) is 1.99. The summed E-state index contributed by atoms with van der Waals surface area (Å²) in [5.74, 6) is -0.424. The number of anilines is 3. The van der Waals surface area contributed by atoms with E-state index in [1.54, 1.807) is 0 Å². The van der Waals surface area contributed by atoms with E-state index >= 15 is 0 Å². The fraction of sp³-hybridized carbons (Fsp3) is 0.143. The zero-order valence-corrected chi connectivity index (χ0v) is 14.4. The van der Waals surface area contributed by atoms with E-state index in [-0.39, 0.29) is 18.2 Å². The van der Waals surface area contributed by atoms with Gasteiger partial charge in [0.15, 0.2) is 0 Å². The molecule has 3 N–H and O–H groups in total. The van der Waals surface area contributed by atoms with Crippen molar-refractivity contribution in [3.8, 4) is 0 Å². The molecule has 0 radical (unpaired) electrons. The van der Waals surface area contributed by atoms with Crippen LogP contribution in [0.1, 0.15) is 12.0 Å². The molecule has 0 spiro atoms. The Bertz CT molecular complexity index is 991. The number of benzene rings is 3. The normalized spacial score (nSPS) is 15.7. The topological polar surface area (TPSA) is 70.2 Å². The minimum atomic E-state index is -0.640. The maximum absolute atomic E-state index is 12.6. The first-order valence-electron chi connectivity index (χ1n) is 8.56. The second-order valence-corrected chi connectivity index (χ2v) is 6.51. The zero-order chi connectivity index (χ0) is 18.1. The molecule has 0 saturated heterocycles. The number of nitrogens with one attached hydrogen (secondary N) is 3. The van der Waals surface area contributed by atoms with Gasteiger partial charge in [-0.3, -0.25) is 9.59 Å². The van der Waals surface area contributed by atoms with Crippen LogP contribution < -0.4 is 16.0 Å². The lowest BCUT2D eigenvalue weighted by Crippen LogP contribution is -2.36. The first-order valence-corrected chi connectivity index (χ1v) is 8.56. The highest BCUT2D eigenvalue weighted by molar-refractivity contribution is 6.13. The van der Waals surface area contributed by atoms with Gasteiger partial charge in [0, 0.05) is 16.8 Å². The van der Waals surface area contributed by atoms with Crippen molar-refractivity contribution in [3.05, 3.63) is 66.2 Å². The summed E-state index contributed by atoms with van der Waals surface area (Å²) in [7, 11) is 0. The van der Waals surface area contributed by atoms with Gasteiger partial charge in [-0.15, -0.1) is 0 Å². The quantitative estimate of drug-likeness (QED) is 0.674. The van der Waals surface area contributed by atoms with Gasteiger partial charge in [-0.2, -0.15) is 0 Å². The van der Waals surface area contributed by atoms with Crippen molar-refractivity contribution in [2.75, 3.05) is 16.0 Å². The van der Waals surface area contributed by atoms with E-state index in [1.807, 2.05) is 67.6 Å². The fourth-order valence-electron chi connectivity index (χ4n) is 3.22. The molecule has 0 aliphatic carbocycles. The van der Waals surface area contributed by atoms with Crippen LogP contribution in [0, 0.1) is 6.92 Å². The van der Waals surface area contributed by atoms with E-state index in [0.717, 1.165) is 33.4 Å². The lowest BCUT2D eigenvalue weighted by Gasteiger charge is -2.16. The smallest absolute Gasteiger partial charge is 0.247 e. The van der Waals surface area contributed by atoms with Crippen LogP contribution in [0.4, 0.5) is 17.1 Å². The van der Waals surface area contributed by atoms with Crippen molar-refractivity contribution in [1.29, 1.82) is 0 Å². The van der Waals surface area contributed by atoms with E-state index in [9.17, 15) is 9.59 Å². The summed E-state index contributed by atoms with van der Waals surface area (Å²) in [5.41, 5.74) is 3.46. The van der Waals surface area contributed by atoms with Crippen molar-refractivity contribution in [3.63, 3.8) is 0 Å². The Balaban J connectivity index is 1.55. The Morgan fingerprint density at radius 2 is 1.69 bits per heavy atom. The second kappa shape index (κ2) is 6.52. The monoisotopic (exact) mass is 345 g/mol. The second-order valence-electron chi connectivity index (χ2n) is 6.51. The van der Waals surface area contributed by atoms with Gasteiger partial charge < -0.3 is 16.0 Å². The molecule has 4 rings (SSSR count). The van der Waals surface area contributed by atoms with E-state index in [1.165, 1.54) is 0 Å². The summed E-state index contributed by atoms with van der Waals surface area (Å²) in [5, 5.41) is 11.0. The Kier molecular flexibility index (Phi) is 4.05. The van der Waals surface area contributed by atoms with Crippen LogP contribution in [0.25, 0.3) is 10.8 Å². The summed E-state index contributed by atoms with van der Waals surface area (Å²) in [6, 6.07) is 18.6. The van der Waals surface area contributed by atoms with Crippen molar-refractivity contribution in [2.45, 2.75) is 19.4 Å². The maximum Gasteiger partial charge on any atom is 0.247 e. The van der Waals surface area contributed by atoms with Crippen molar-refractivity contribution in [1.82, 2.24) is 0 Å². The summed E-state index contributed by atoms with van der Waals surface area (Å²) in [6.07, 6.45) is 0.0457. The van der Waals surface area contributed by atoms with Gasteiger partial charge in [0.2, 0.25) is 11.8 Å². The van der Waals surface area contributed by atoms with Crippen LogP contribution in [-0.4, -0.2) is 17.9 Å². The fourth-order valence-corrected chi connectivity index (χ4v) is 3.22. The van der Waals surface area contributed by atoms with Crippen molar-refractivity contribution >= 4 is 39.6 Å². The molecule has 5 heteroatoms. The van der Waals surface area contributed by atoms with E-state index < -0.39 is 6.04 Å². The zero-order valence-electron chi connectivity index (χ0n) is 14.4. The third-order valence-corrected chi connectivity index (χ3v) is 4.53. The Morgan fingerprint density at radius 1 is 1.00 bits per heavy atom. The molecule has 1 heterocycles. The highest BCUT2D eigenvalue weighted by Gasteiger charge is 2.26. The van der Waals surface area contributed by atoms with E-state index in [0.29, 0.717) is 0 Å². The molecule has 130 valence electrons. The SMILES string of the molecule is Cc1ccc(NC(=O)CC2Nc3cccc4cccc(c34)NC2=O)cc1. The van der Waals surface area contributed by atoms with Gasteiger partial charge in [-0.25, -0.2) is 0 Å². The van der Waals surface area contributed by atoms with Crippen LogP contribution in [0.2, 0.25) is 0 Å². The molecule has 2 amide bonds. The highest BCUT2D eigenvalue weighted by Crippen LogP contribution is 2.33. The van der Waals surface area contributed by atoms with Gasteiger partial charge in [-0.05, 0) is 36.6 Å². The predicted molar refractivity (Wildman–Crippen MR) is 104 cm³/mol. The number of hydrogen-bond acceptors (Lipinski definition) is 3. The molecular formula is C21H19N3O2. The number of carbonyl (C=O) groups is 2. The Hall–Kier alpha value is -3.34. The third-order valence-electron chi connectivity index (χ3n) is 4.53. The molecule has 26 heavy (non-hydrogen) atoms. The molecule has 0 saturated carbocycles. The van der Waals surface area contributed by atoms with Crippen LogP contribution in [0.3, 0.4) is 0 Å². The Morgan fingerprint density at radius 3 is 2.42 bits per heavy atom. The van der Waals surface area contributed by atoms with Crippen molar-refractivity contribution in [2.24, 2.45) is 0 Å². The first kappa shape index (κ1) is 16.1. The average Bonchev–Trinajstić information content (AvgIpc) is 2.76. The molecule has 1 unspecified atom stereocenters. The van der Waals surface area contributed by atoms with Crippen LogP contribution in [0.5, 0.6) is 0 Å². The summed E-state index contributed by atoms with van der Waals surface area (Å²) in [4.78, 5) is 25.0. The molecule has 3 aromatic rings. The lowest BCUT2D eigenvalue weighted by atomic mass is 10.1. The van der Waals surface area contributed by atoms with Crippen LogP contribution >= 0.6 is 0 Å². The van der Waals surface area contributed by atoms with Crippen LogP contribution in [-0.2, 0) is 9.59 Å². The van der Waals surface area contributed by atoms with E-state index in [2.05, 4.69) is 16.0 Å². The molecule has 0 fully saturated rings. The lowest BCUT2D eigenvalue weighted by molar-refractivity contribution is -0.121. The molecule has 0 aromatic heterocycles. The minimum absolute atomic E-state index is 0.0457. The standard InChI is InChI=1S/C21H19N3O2/c1-13-8-10-15(11-9-13)22-19(25)12-18-21(26)24-17-7-3-5-14-4-2-6-16(23-18)20(14)17/h2-11,18,23H,12H2,1H3,(H,22,25)(H,24,26). The van der Waals surface area contributed by atoms with Crippen molar-refractivity contribution < 1.29 is 9.59 Å². The van der Waals surface area contributed by atoms with E-state index in [4.69, 9.17) is 0 Å². The van der Waals surface area contributed by atoms with Gasteiger partial charge >= 0.3 is 0 Å². The highest BCUT2D eigenvalue weighted by atomic mass is 16.2.